The average molecular weight is 495 g/mol. The number of ether oxygens (including phenoxy) is 3. The molecule has 0 heterocycles. The van der Waals surface area contributed by atoms with Crippen LogP contribution >= 0.6 is 28.1 Å². The highest BCUT2D eigenvalue weighted by Crippen LogP contribution is 2.23. The van der Waals surface area contributed by atoms with Crippen LogP contribution in [0.2, 0.25) is 0 Å². The Kier molecular flexibility index (Phi) is 10.1. The van der Waals surface area contributed by atoms with E-state index in [9.17, 15) is 4.79 Å². The Hall–Kier alpha value is -2.16. The monoisotopic (exact) mass is 494 g/mol. The van der Waals surface area contributed by atoms with Crippen molar-refractivity contribution in [2.75, 3.05) is 32.2 Å². The summed E-state index contributed by atoms with van der Waals surface area (Å²) in [5, 5.41) is 5.88. The van der Waals surface area contributed by atoms with Gasteiger partial charge in [0.15, 0.2) is 5.11 Å². The first-order valence-electron chi connectivity index (χ1n) is 9.65. The number of anilines is 1. The van der Waals surface area contributed by atoms with Gasteiger partial charge < -0.3 is 19.5 Å². The molecule has 1 amide bonds. The van der Waals surface area contributed by atoms with Gasteiger partial charge in [0.1, 0.15) is 18.1 Å². The van der Waals surface area contributed by atoms with Crippen LogP contribution in [0.1, 0.15) is 30.6 Å². The number of halogens is 1. The number of carbonyl (C=O) groups excluding carboxylic acids is 1. The molecule has 0 fully saturated rings. The molecule has 0 aliphatic rings. The smallest absolute Gasteiger partial charge is 0.261 e. The lowest BCUT2D eigenvalue weighted by Gasteiger charge is -2.14. The summed E-state index contributed by atoms with van der Waals surface area (Å²) in [6, 6.07) is 12.6. The Balaban J connectivity index is 1.93. The van der Waals surface area contributed by atoms with E-state index in [4.69, 9.17) is 26.4 Å². The van der Waals surface area contributed by atoms with E-state index in [-0.39, 0.29) is 11.0 Å². The van der Waals surface area contributed by atoms with Gasteiger partial charge in [0, 0.05) is 17.3 Å². The van der Waals surface area contributed by atoms with E-state index in [1.807, 2.05) is 24.3 Å². The maximum atomic E-state index is 12.7. The predicted molar refractivity (Wildman–Crippen MR) is 127 cm³/mol. The fraction of sp³-hybridized carbons (Fsp3) is 0.364. The van der Waals surface area contributed by atoms with Crippen molar-refractivity contribution in [2.24, 2.45) is 5.92 Å². The molecule has 30 heavy (non-hydrogen) atoms. The van der Waals surface area contributed by atoms with Gasteiger partial charge in [0.2, 0.25) is 0 Å². The molecule has 6 nitrogen and oxygen atoms in total. The third kappa shape index (κ3) is 8.30. The molecule has 0 aliphatic heterocycles. The molecule has 0 aliphatic carbocycles. The molecule has 2 rings (SSSR count). The Bertz CT molecular complexity index is 844. The zero-order chi connectivity index (χ0) is 21.9. The molecule has 2 aromatic carbocycles. The van der Waals surface area contributed by atoms with Crippen LogP contribution in [0, 0.1) is 5.92 Å². The van der Waals surface area contributed by atoms with Gasteiger partial charge in [-0.2, -0.15) is 0 Å². The van der Waals surface area contributed by atoms with Crippen molar-refractivity contribution in [3.05, 3.63) is 52.5 Å². The fourth-order valence-electron chi connectivity index (χ4n) is 2.42. The van der Waals surface area contributed by atoms with Crippen molar-refractivity contribution < 1.29 is 19.0 Å². The van der Waals surface area contributed by atoms with Crippen molar-refractivity contribution in [3.8, 4) is 11.5 Å². The summed E-state index contributed by atoms with van der Waals surface area (Å²) >= 11 is 8.66. The fourth-order valence-corrected chi connectivity index (χ4v) is 2.99. The Morgan fingerprint density at radius 2 is 1.80 bits per heavy atom. The molecule has 0 radical (unpaired) electrons. The number of amides is 1. The van der Waals surface area contributed by atoms with E-state index in [1.54, 1.807) is 25.3 Å². The first kappa shape index (κ1) is 24.1. The third-order valence-electron chi connectivity index (χ3n) is 4.03. The van der Waals surface area contributed by atoms with Crippen LogP contribution in [0.15, 0.2) is 46.9 Å². The van der Waals surface area contributed by atoms with Crippen LogP contribution in [0.4, 0.5) is 5.69 Å². The second-order valence-corrected chi connectivity index (χ2v) is 8.27. The molecular weight excluding hydrogens is 468 g/mol. The van der Waals surface area contributed by atoms with Crippen LogP contribution in [-0.2, 0) is 4.74 Å². The second kappa shape index (κ2) is 12.5. The maximum Gasteiger partial charge on any atom is 0.261 e. The predicted octanol–water partition coefficient (Wildman–Crippen LogP) is 5.03. The number of carbonyl (C=O) groups is 1. The summed E-state index contributed by atoms with van der Waals surface area (Å²) in [6.07, 6.45) is 1.00. The number of hydrogen-bond donors (Lipinski definition) is 2. The Morgan fingerprint density at radius 3 is 2.47 bits per heavy atom. The third-order valence-corrected chi connectivity index (χ3v) is 4.73. The molecular formula is C22H27BrN2O4S. The van der Waals surface area contributed by atoms with Crippen LogP contribution in [-0.4, -0.2) is 38.0 Å². The second-order valence-electron chi connectivity index (χ2n) is 6.95. The Morgan fingerprint density at radius 1 is 1.07 bits per heavy atom. The highest BCUT2D eigenvalue weighted by Gasteiger charge is 2.15. The molecule has 8 heteroatoms. The summed E-state index contributed by atoms with van der Waals surface area (Å²) in [5.74, 6) is 1.49. The van der Waals surface area contributed by atoms with Crippen LogP contribution < -0.4 is 20.1 Å². The van der Waals surface area contributed by atoms with E-state index >= 15 is 0 Å². The molecule has 0 unspecified atom stereocenters. The molecule has 0 saturated heterocycles. The van der Waals surface area contributed by atoms with Gasteiger partial charge in [-0.1, -0.05) is 29.8 Å². The molecule has 0 atom stereocenters. The summed E-state index contributed by atoms with van der Waals surface area (Å²) in [4.78, 5) is 12.7. The number of benzene rings is 2. The lowest BCUT2D eigenvalue weighted by atomic mass is 10.1. The van der Waals surface area contributed by atoms with Gasteiger partial charge in [-0.05, 0) is 67.0 Å². The number of thiocarbonyl (C=S) groups is 1. The van der Waals surface area contributed by atoms with Gasteiger partial charge in [-0.15, -0.1) is 0 Å². The first-order chi connectivity index (χ1) is 14.4. The standard InChI is InChI=1S/C22H27BrN2O4S/c1-15(2)10-11-28-18-7-5-17(6-8-18)24-22(30)25-21(26)19-14-16(23)4-9-20(19)29-13-12-27-3/h4-9,14-15H,10-13H2,1-3H3,(H2,24,25,26,30). The van der Waals surface area contributed by atoms with Gasteiger partial charge >= 0.3 is 0 Å². The molecule has 2 N–H and O–H groups in total. The highest BCUT2D eigenvalue weighted by atomic mass is 79.9. The quantitative estimate of drug-likeness (QED) is 0.356. The minimum atomic E-state index is -0.366. The van der Waals surface area contributed by atoms with Gasteiger partial charge in [0.25, 0.3) is 5.91 Å². The van der Waals surface area contributed by atoms with E-state index < -0.39 is 0 Å². The van der Waals surface area contributed by atoms with Gasteiger partial charge in [-0.3, -0.25) is 10.1 Å². The number of methoxy groups -OCH3 is 1. The summed E-state index contributed by atoms with van der Waals surface area (Å²) in [5.41, 5.74) is 1.13. The maximum absolute atomic E-state index is 12.7. The minimum Gasteiger partial charge on any atom is -0.494 e. The molecule has 0 spiro atoms. The van der Waals surface area contributed by atoms with Crippen molar-refractivity contribution in [1.29, 1.82) is 0 Å². The van der Waals surface area contributed by atoms with Crippen LogP contribution in [0.5, 0.6) is 11.5 Å². The zero-order valence-electron chi connectivity index (χ0n) is 17.4. The SMILES string of the molecule is COCCOc1ccc(Br)cc1C(=O)NC(=S)Nc1ccc(OCCC(C)C)cc1. The molecule has 162 valence electrons. The minimum absolute atomic E-state index is 0.191. The molecule has 0 bridgehead atoms. The van der Waals surface area contributed by atoms with E-state index in [1.165, 1.54) is 0 Å². The number of hydrogen-bond acceptors (Lipinski definition) is 5. The lowest BCUT2D eigenvalue weighted by molar-refractivity contribution is 0.0969. The zero-order valence-corrected chi connectivity index (χ0v) is 19.8. The highest BCUT2D eigenvalue weighted by molar-refractivity contribution is 9.10. The molecule has 2 aromatic rings. The molecule has 0 saturated carbocycles. The van der Waals surface area contributed by atoms with Crippen LogP contribution in [0.3, 0.4) is 0 Å². The van der Waals surface area contributed by atoms with E-state index in [0.29, 0.717) is 37.1 Å². The summed E-state index contributed by atoms with van der Waals surface area (Å²) in [7, 11) is 1.59. The van der Waals surface area contributed by atoms with Gasteiger partial charge in [0.05, 0.1) is 18.8 Å². The van der Waals surface area contributed by atoms with E-state index in [0.717, 1.165) is 22.3 Å². The average Bonchev–Trinajstić information content (AvgIpc) is 2.70. The van der Waals surface area contributed by atoms with Gasteiger partial charge in [-0.25, -0.2) is 0 Å². The van der Waals surface area contributed by atoms with Crippen molar-refractivity contribution in [3.63, 3.8) is 0 Å². The normalized spacial score (nSPS) is 10.6. The lowest BCUT2D eigenvalue weighted by Crippen LogP contribution is -2.34. The summed E-state index contributed by atoms with van der Waals surface area (Å²) in [6.45, 7) is 5.77. The van der Waals surface area contributed by atoms with Crippen molar-refractivity contribution >= 4 is 44.9 Å². The Labute approximate surface area is 191 Å². The van der Waals surface area contributed by atoms with Crippen molar-refractivity contribution in [2.45, 2.75) is 20.3 Å². The number of nitrogens with one attached hydrogen (secondary N) is 2. The topological polar surface area (TPSA) is 68.8 Å². The van der Waals surface area contributed by atoms with Crippen molar-refractivity contribution in [1.82, 2.24) is 5.32 Å². The van der Waals surface area contributed by atoms with Crippen LogP contribution in [0.25, 0.3) is 0 Å². The molecule has 0 aromatic heterocycles. The number of rotatable bonds is 10. The van der Waals surface area contributed by atoms with E-state index in [2.05, 4.69) is 40.4 Å². The largest absolute Gasteiger partial charge is 0.494 e. The summed E-state index contributed by atoms with van der Waals surface area (Å²) < 4.78 is 17.1. The first-order valence-corrected chi connectivity index (χ1v) is 10.9.